The fourth-order valence-electron chi connectivity index (χ4n) is 2.02. The third kappa shape index (κ3) is 5.21. The van der Waals surface area contributed by atoms with Crippen LogP contribution in [0.1, 0.15) is 36.3 Å². The van der Waals surface area contributed by atoms with Crippen LogP contribution in [0.15, 0.2) is 30.6 Å². The summed E-state index contributed by atoms with van der Waals surface area (Å²) < 4.78 is 0. The smallest absolute Gasteiger partial charge is 0.274 e. The first-order chi connectivity index (χ1) is 11.0. The molecule has 1 aromatic carbocycles. The summed E-state index contributed by atoms with van der Waals surface area (Å²) in [7, 11) is 0. The van der Waals surface area contributed by atoms with Crippen LogP contribution in [-0.2, 0) is 0 Å². The quantitative estimate of drug-likeness (QED) is 0.834. The lowest BCUT2D eigenvalue weighted by Crippen LogP contribution is -2.15. The highest BCUT2D eigenvalue weighted by Crippen LogP contribution is 2.20. The second-order valence-electron chi connectivity index (χ2n) is 5.81. The molecule has 1 aromatic heterocycles. The Labute approximate surface area is 141 Å². The van der Waals surface area contributed by atoms with Crippen LogP contribution >= 0.6 is 11.6 Å². The van der Waals surface area contributed by atoms with Crippen LogP contribution in [-0.4, -0.2) is 22.4 Å². The lowest BCUT2D eigenvalue weighted by atomic mass is 10.1. The second-order valence-corrected chi connectivity index (χ2v) is 6.25. The summed E-state index contributed by atoms with van der Waals surface area (Å²) in [5, 5.41) is 6.68. The number of amides is 1. The van der Waals surface area contributed by atoms with Crippen molar-refractivity contribution >= 4 is 29.0 Å². The van der Waals surface area contributed by atoms with Gasteiger partial charge in [-0.1, -0.05) is 25.4 Å². The molecule has 2 aromatic rings. The third-order valence-electron chi connectivity index (χ3n) is 3.36. The Morgan fingerprint density at radius 2 is 2.04 bits per heavy atom. The highest BCUT2D eigenvalue weighted by atomic mass is 35.5. The summed E-state index contributed by atoms with van der Waals surface area (Å²) in [5.74, 6) is 0.989. The standard InChI is InChI=1S/C17H21ClN4O/c1-11(2)6-7-19-16-9-15(20-10-21-16)17(23)22-14-5-4-13(18)8-12(14)3/h4-5,8-11H,6-7H2,1-3H3,(H,22,23)(H,19,20,21). The van der Waals surface area contributed by atoms with Gasteiger partial charge < -0.3 is 10.6 Å². The number of hydrogen-bond donors (Lipinski definition) is 2. The fraction of sp³-hybridized carbons (Fsp3) is 0.353. The van der Waals surface area contributed by atoms with Gasteiger partial charge in [-0.25, -0.2) is 9.97 Å². The average molecular weight is 333 g/mol. The number of rotatable bonds is 6. The average Bonchev–Trinajstić information content (AvgIpc) is 2.50. The van der Waals surface area contributed by atoms with Gasteiger partial charge in [-0.2, -0.15) is 0 Å². The topological polar surface area (TPSA) is 66.9 Å². The zero-order valence-corrected chi connectivity index (χ0v) is 14.3. The molecule has 0 unspecified atom stereocenters. The van der Waals surface area contributed by atoms with Gasteiger partial charge in [0.2, 0.25) is 0 Å². The maximum absolute atomic E-state index is 12.3. The maximum atomic E-state index is 12.3. The van der Waals surface area contributed by atoms with Gasteiger partial charge in [0, 0.05) is 23.3 Å². The Balaban J connectivity index is 2.04. The van der Waals surface area contributed by atoms with E-state index in [1.807, 2.05) is 6.92 Å². The van der Waals surface area contributed by atoms with Crippen molar-refractivity contribution in [2.45, 2.75) is 27.2 Å². The number of nitrogens with one attached hydrogen (secondary N) is 2. The molecule has 2 N–H and O–H groups in total. The van der Waals surface area contributed by atoms with Crippen molar-refractivity contribution in [3.05, 3.63) is 46.9 Å². The predicted molar refractivity (Wildman–Crippen MR) is 94.1 cm³/mol. The molecule has 0 bridgehead atoms. The van der Waals surface area contributed by atoms with Crippen LogP contribution in [0.2, 0.25) is 5.02 Å². The number of halogens is 1. The molecule has 1 heterocycles. The van der Waals surface area contributed by atoms with Crippen LogP contribution < -0.4 is 10.6 Å². The van der Waals surface area contributed by atoms with Crippen LogP contribution in [0.5, 0.6) is 0 Å². The van der Waals surface area contributed by atoms with E-state index in [4.69, 9.17) is 11.6 Å². The molecular weight excluding hydrogens is 312 g/mol. The Hall–Kier alpha value is -2.14. The number of carbonyl (C=O) groups excluding carboxylic acids is 1. The minimum absolute atomic E-state index is 0.273. The molecule has 1 amide bonds. The van der Waals surface area contributed by atoms with E-state index in [2.05, 4.69) is 34.4 Å². The van der Waals surface area contributed by atoms with E-state index in [-0.39, 0.29) is 5.91 Å². The molecule has 0 aliphatic rings. The van der Waals surface area contributed by atoms with Crippen LogP contribution in [0, 0.1) is 12.8 Å². The molecule has 122 valence electrons. The van der Waals surface area contributed by atoms with E-state index < -0.39 is 0 Å². The summed E-state index contributed by atoms with van der Waals surface area (Å²) in [5.41, 5.74) is 1.93. The van der Waals surface area contributed by atoms with E-state index in [0.29, 0.717) is 28.1 Å². The lowest BCUT2D eigenvalue weighted by molar-refractivity contribution is 0.102. The lowest BCUT2D eigenvalue weighted by Gasteiger charge is -2.10. The first-order valence-corrected chi connectivity index (χ1v) is 7.97. The second kappa shape index (κ2) is 7.92. The molecule has 0 fully saturated rings. The number of aryl methyl sites for hydroxylation is 1. The molecule has 0 saturated carbocycles. The van der Waals surface area contributed by atoms with E-state index in [1.165, 1.54) is 6.33 Å². The summed E-state index contributed by atoms with van der Waals surface area (Å²) in [6, 6.07) is 6.97. The third-order valence-corrected chi connectivity index (χ3v) is 3.60. The first kappa shape index (κ1) is 17.2. The number of benzene rings is 1. The molecule has 0 aliphatic heterocycles. The van der Waals surface area contributed by atoms with E-state index >= 15 is 0 Å². The Bertz CT molecular complexity index is 688. The summed E-state index contributed by atoms with van der Waals surface area (Å²) >= 11 is 5.92. The molecule has 0 atom stereocenters. The van der Waals surface area contributed by atoms with Crippen molar-refractivity contribution in [1.82, 2.24) is 9.97 Å². The minimum Gasteiger partial charge on any atom is -0.370 e. The molecule has 5 nitrogen and oxygen atoms in total. The largest absolute Gasteiger partial charge is 0.370 e. The molecule has 0 radical (unpaired) electrons. The molecule has 0 spiro atoms. The van der Waals surface area contributed by atoms with Crippen molar-refractivity contribution < 1.29 is 4.79 Å². The van der Waals surface area contributed by atoms with Crippen molar-refractivity contribution in [3.8, 4) is 0 Å². The van der Waals surface area contributed by atoms with Crippen molar-refractivity contribution in [1.29, 1.82) is 0 Å². The minimum atomic E-state index is -0.273. The first-order valence-electron chi connectivity index (χ1n) is 7.59. The monoisotopic (exact) mass is 332 g/mol. The van der Waals surface area contributed by atoms with Gasteiger partial charge in [-0.3, -0.25) is 4.79 Å². The van der Waals surface area contributed by atoms with E-state index in [1.54, 1.807) is 24.3 Å². The Kier molecular flexibility index (Phi) is 5.93. The molecular formula is C17H21ClN4O. The SMILES string of the molecule is Cc1cc(Cl)ccc1NC(=O)c1cc(NCCC(C)C)ncn1. The summed E-state index contributed by atoms with van der Waals surface area (Å²) in [6.45, 7) is 7.02. The van der Waals surface area contributed by atoms with Crippen molar-refractivity contribution in [2.24, 2.45) is 5.92 Å². The fourth-order valence-corrected chi connectivity index (χ4v) is 2.25. The number of anilines is 2. The summed E-state index contributed by atoms with van der Waals surface area (Å²) in [6.07, 6.45) is 2.43. The van der Waals surface area contributed by atoms with Crippen LogP contribution in [0.25, 0.3) is 0 Å². The molecule has 2 rings (SSSR count). The Morgan fingerprint density at radius 1 is 1.26 bits per heavy atom. The van der Waals surface area contributed by atoms with Crippen molar-refractivity contribution in [3.63, 3.8) is 0 Å². The number of hydrogen-bond acceptors (Lipinski definition) is 4. The highest BCUT2D eigenvalue weighted by Gasteiger charge is 2.10. The Morgan fingerprint density at radius 3 is 2.74 bits per heavy atom. The molecule has 0 saturated heterocycles. The van der Waals surface area contributed by atoms with Gasteiger partial charge in [-0.15, -0.1) is 0 Å². The number of carbonyl (C=O) groups is 1. The van der Waals surface area contributed by atoms with Crippen molar-refractivity contribution in [2.75, 3.05) is 17.2 Å². The number of nitrogens with zero attached hydrogens (tertiary/aromatic N) is 2. The van der Waals surface area contributed by atoms with Gasteiger partial charge in [0.15, 0.2) is 0 Å². The van der Waals surface area contributed by atoms with Gasteiger partial charge in [0.1, 0.15) is 17.8 Å². The normalized spacial score (nSPS) is 10.7. The van der Waals surface area contributed by atoms with Gasteiger partial charge in [0.05, 0.1) is 0 Å². The van der Waals surface area contributed by atoms with Crippen LogP contribution in [0.4, 0.5) is 11.5 Å². The molecule has 0 aliphatic carbocycles. The van der Waals surface area contributed by atoms with Gasteiger partial charge in [-0.05, 0) is 43.0 Å². The van der Waals surface area contributed by atoms with Crippen LogP contribution in [0.3, 0.4) is 0 Å². The van der Waals surface area contributed by atoms with E-state index in [0.717, 1.165) is 18.5 Å². The predicted octanol–water partition coefficient (Wildman–Crippen LogP) is 4.15. The highest BCUT2D eigenvalue weighted by molar-refractivity contribution is 6.30. The van der Waals surface area contributed by atoms with Gasteiger partial charge in [0.25, 0.3) is 5.91 Å². The molecule has 23 heavy (non-hydrogen) atoms. The number of aromatic nitrogens is 2. The zero-order chi connectivity index (χ0) is 16.8. The maximum Gasteiger partial charge on any atom is 0.274 e. The zero-order valence-electron chi connectivity index (χ0n) is 13.6. The summed E-state index contributed by atoms with van der Waals surface area (Å²) in [4.78, 5) is 20.5. The van der Waals surface area contributed by atoms with E-state index in [9.17, 15) is 4.79 Å². The van der Waals surface area contributed by atoms with Gasteiger partial charge >= 0.3 is 0 Å². The molecule has 6 heteroatoms.